The summed E-state index contributed by atoms with van der Waals surface area (Å²) in [6, 6.07) is 62.4. The summed E-state index contributed by atoms with van der Waals surface area (Å²) in [5, 5.41) is 13.9. The van der Waals surface area contributed by atoms with E-state index in [2.05, 4.69) is 166 Å². The molecule has 0 spiro atoms. The first-order valence-corrected chi connectivity index (χ1v) is 17.1. The predicted octanol–water partition coefficient (Wildman–Crippen LogP) is 11.0. The van der Waals surface area contributed by atoms with Gasteiger partial charge in [-0.15, -0.1) is 0 Å². The van der Waals surface area contributed by atoms with Gasteiger partial charge in [-0.2, -0.15) is 0 Å². The molecule has 7 aromatic carbocycles. The number of hydrogen-bond acceptors (Lipinski definition) is 2. The Kier molecular flexibility index (Phi) is 6.64. The van der Waals surface area contributed by atoms with E-state index in [4.69, 9.17) is 10.3 Å². The van der Waals surface area contributed by atoms with E-state index in [1.807, 2.05) is 24.3 Å². The molecule has 5 heteroatoms. The maximum absolute atomic E-state index is 5.18. The topological polar surface area (TPSA) is 48.4 Å². The Labute approximate surface area is 289 Å². The Morgan fingerprint density at radius 3 is 1.66 bits per heavy atom. The number of rotatable bonds is 5. The summed E-state index contributed by atoms with van der Waals surface area (Å²) in [7, 11) is 0. The monoisotopic (exact) mass is 642 g/mol. The molecule has 0 saturated heterocycles. The second kappa shape index (κ2) is 11.6. The second-order valence-electron chi connectivity index (χ2n) is 12.9. The number of amidine groups is 1. The summed E-state index contributed by atoms with van der Waals surface area (Å²) in [6.45, 7) is 0. The first-order chi connectivity index (χ1) is 24.8. The minimum atomic E-state index is -0.284. The van der Waals surface area contributed by atoms with Gasteiger partial charge in [0.1, 0.15) is 0 Å². The quantitative estimate of drug-likeness (QED) is 0.200. The van der Waals surface area contributed by atoms with Crippen LogP contribution >= 0.6 is 0 Å². The van der Waals surface area contributed by atoms with E-state index in [1.54, 1.807) is 0 Å². The lowest BCUT2D eigenvalue weighted by atomic mass is 10.1. The number of nitrogens with zero attached hydrogens (tertiary/aromatic N) is 4. The Hall–Kier alpha value is -6.43. The van der Waals surface area contributed by atoms with Crippen molar-refractivity contribution in [3.8, 4) is 11.4 Å². The van der Waals surface area contributed by atoms with Crippen LogP contribution < -0.4 is 5.32 Å². The van der Waals surface area contributed by atoms with Crippen molar-refractivity contribution < 1.29 is 0 Å². The zero-order chi connectivity index (χ0) is 33.0. The summed E-state index contributed by atoms with van der Waals surface area (Å²) >= 11 is 0. The minimum absolute atomic E-state index is 0.223. The van der Waals surface area contributed by atoms with Crippen molar-refractivity contribution in [1.29, 1.82) is 0 Å². The fraction of sp³-hybridized carbons (Fsp3) is 0.0444. The Morgan fingerprint density at radius 2 is 0.980 bits per heavy atom. The van der Waals surface area contributed by atoms with Gasteiger partial charge in [0.05, 0.1) is 22.1 Å². The molecule has 3 heterocycles. The fourth-order valence-electron chi connectivity index (χ4n) is 7.61. The highest BCUT2D eigenvalue weighted by molar-refractivity contribution is 6.19. The molecule has 5 nitrogen and oxygen atoms in total. The van der Waals surface area contributed by atoms with E-state index in [0.29, 0.717) is 0 Å². The van der Waals surface area contributed by atoms with Crippen LogP contribution in [0.3, 0.4) is 0 Å². The van der Waals surface area contributed by atoms with Gasteiger partial charge in [-0.1, -0.05) is 133 Å². The first-order valence-electron chi connectivity index (χ1n) is 17.1. The van der Waals surface area contributed by atoms with Crippen molar-refractivity contribution in [3.05, 3.63) is 198 Å². The second-order valence-corrected chi connectivity index (χ2v) is 12.9. The SMILES string of the molecule is c1ccc(C2=NC(c3ccccc3)NC(c3cccc(-n4c5ccccc5c5cc6c7ccccc7n(-c7ccccc7)c6cc54)c3)[N-]2)cc1. The van der Waals surface area contributed by atoms with Crippen molar-refractivity contribution in [2.45, 2.75) is 12.3 Å². The summed E-state index contributed by atoms with van der Waals surface area (Å²) in [4.78, 5) is 5.06. The zero-order valence-corrected chi connectivity index (χ0v) is 27.2. The molecular formula is C45H32N5-. The highest BCUT2D eigenvalue weighted by Gasteiger charge is 2.21. The van der Waals surface area contributed by atoms with Crippen LogP contribution in [-0.2, 0) is 0 Å². The largest absolute Gasteiger partial charge is 0.445 e. The number of benzene rings is 7. The van der Waals surface area contributed by atoms with Gasteiger partial charge in [-0.25, -0.2) is 0 Å². The summed E-state index contributed by atoms with van der Waals surface area (Å²) in [5.74, 6) is 0.751. The number of hydrogen-bond donors (Lipinski definition) is 1. The van der Waals surface area contributed by atoms with E-state index < -0.39 is 0 Å². The number of aromatic nitrogens is 2. The lowest BCUT2D eigenvalue weighted by molar-refractivity contribution is 0.488. The Bertz CT molecular complexity index is 2710. The third-order valence-electron chi connectivity index (χ3n) is 9.89. The van der Waals surface area contributed by atoms with Gasteiger partial charge in [0.2, 0.25) is 0 Å². The molecule has 2 aromatic heterocycles. The molecule has 0 amide bonds. The van der Waals surface area contributed by atoms with Crippen molar-refractivity contribution in [2.75, 3.05) is 0 Å². The molecule has 50 heavy (non-hydrogen) atoms. The molecule has 9 aromatic rings. The third kappa shape index (κ3) is 4.63. The summed E-state index contributed by atoms with van der Waals surface area (Å²) in [5.41, 5.74) is 10.2. The van der Waals surface area contributed by atoms with Crippen LogP contribution in [0.15, 0.2) is 181 Å². The fourth-order valence-corrected chi connectivity index (χ4v) is 7.61. The molecule has 1 aliphatic rings. The van der Waals surface area contributed by atoms with Crippen LogP contribution in [0.4, 0.5) is 0 Å². The van der Waals surface area contributed by atoms with Gasteiger partial charge < -0.3 is 24.8 Å². The van der Waals surface area contributed by atoms with Gasteiger partial charge >= 0.3 is 0 Å². The number of nitrogens with one attached hydrogen (secondary N) is 1. The zero-order valence-electron chi connectivity index (χ0n) is 27.2. The van der Waals surface area contributed by atoms with Crippen LogP contribution in [-0.4, -0.2) is 15.0 Å². The van der Waals surface area contributed by atoms with Gasteiger partial charge in [0.15, 0.2) is 0 Å². The van der Waals surface area contributed by atoms with Crippen LogP contribution in [0, 0.1) is 0 Å². The normalized spacial score (nSPS) is 16.2. The molecule has 1 aliphatic heterocycles. The van der Waals surface area contributed by atoms with E-state index in [1.165, 1.54) is 38.1 Å². The number of para-hydroxylation sites is 3. The molecule has 2 atom stereocenters. The maximum atomic E-state index is 5.18. The Balaban J connectivity index is 1.16. The van der Waals surface area contributed by atoms with E-state index in [0.717, 1.165) is 39.4 Å². The van der Waals surface area contributed by atoms with E-state index >= 15 is 0 Å². The molecule has 238 valence electrons. The van der Waals surface area contributed by atoms with Crippen molar-refractivity contribution in [3.63, 3.8) is 0 Å². The molecule has 0 fully saturated rings. The van der Waals surface area contributed by atoms with Gasteiger partial charge in [-0.3, -0.25) is 0 Å². The molecule has 2 unspecified atom stereocenters. The van der Waals surface area contributed by atoms with Crippen LogP contribution in [0.2, 0.25) is 0 Å². The lowest BCUT2D eigenvalue weighted by Gasteiger charge is -2.40. The molecule has 0 saturated carbocycles. The maximum Gasteiger partial charge on any atom is 0.0562 e. The van der Waals surface area contributed by atoms with Crippen LogP contribution in [0.1, 0.15) is 29.0 Å². The highest BCUT2D eigenvalue weighted by Crippen LogP contribution is 2.40. The lowest BCUT2D eigenvalue weighted by Crippen LogP contribution is -2.31. The summed E-state index contributed by atoms with van der Waals surface area (Å²) < 4.78 is 4.80. The molecule has 0 aliphatic carbocycles. The van der Waals surface area contributed by atoms with Crippen LogP contribution in [0.25, 0.3) is 60.3 Å². The number of aliphatic imine (C=N–C) groups is 1. The highest BCUT2D eigenvalue weighted by atomic mass is 15.3. The van der Waals surface area contributed by atoms with Gasteiger partial charge in [-0.05, 0) is 65.2 Å². The molecule has 1 N–H and O–H groups in total. The molecular weight excluding hydrogens is 611 g/mol. The first kappa shape index (κ1) is 28.6. The van der Waals surface area contributed by atoms with Crippen molar-refractivity contribution in [1.82, 2.24) is 14.5 Å². The average Bonchev–Trinajstić information content (AvgIpc) is 3.70. The average molecular weight is 643 g/mol. The van der Waals surface area contributed by atoms with E-state index in [9.17, 15) is 0 Å². The molecule has 0 radical (unpaired) electrons. The van der Waals surface area contributed by atoms with Crippen molar-refractivity contribution >= 4 is 49.4 Å². The standard InChI is InChI=1S/C45H32N5/c1-4-15-30(16-5-1)43-46-44(31-17-6-2-7-18-31)48-45(47-43)32-19-14-22-34(27-32)50-40-26-13-11-24-36(40)38-28-37-35-23-10-12-25-39(35)49(41(37)29-42(38)50)33-20-8-3-9-21-33/h1-29,43,45,47H/q-1. The van der Waals surface area contributed by atoms with Gasteiger partial charge in [0.25, 0.3) is 0 Å². The van der Waals surface area contributed by atoms with E-state index in [-0.39, 0.29) is 12.3 Å². The van der Waals surface area contributed by atoms with Crippen LogP contribution in [0.5, 0.6) is 0 Å². The smallest absolute Gasteiger partial charge is 0.0562 e. The van der Waals surface area contributed by atoms with Gasteiger partial charge in [0, 0.05) is 45.3 Å². The van der Waals surface area contributed by atoms with Crippen molar-refractivity contribution in [2.24, 2.45) is 4.99 Å². The Morgan fingerprint density at radius 1 is 0.440 bits per heavy atom. The minimum Gasteiger partial charge on any atom is -0.445 e. The summed E-state index contributed by atoms with van der Waals surface area (Å²) in [6.07, 6.45) is -0.507. The number of fused-ring (bicyclic) bond motifs is 6. The predicted molar refractivity (Wildman–Crippen MR) is 207 cm³/mol. The third-order valence-corrected chi connectivity index (χ3v) is 9.89. The molecule has 0 bridgehead atoms. The molecule has 10 rings (SSSR count).